The molecule has 1 saturated heterocycles. The van der Waals surface area contributed by atoms with E-state index < -0.39 is 11.0 Å². The molecule has 0 aromatic heterocycles. The second-order valence-corrected chi connectivity index (χ2v) is 8.84. The Morgan fingerprint density at radius 1 is 0.781 bits per heavy atom. The number of aromatic hydroxyl groups is 1. The fourth-order valence-electron chi connectivity index (χ4n) is 5.29. The SMILES string of the molecule is O=C1N(c2ccc(F)cc2)C(c2ccc(O)cc2)C12CCC(O)(c1ccc(F)cc1)CC2. The highest BCUT2D eigenvalue weighted by Gasteiger charge is 2.63. The first-order valence-corrected chi connectivity index (χ1v) is 10.7. The number of carbonyl (C=O) groups is 1. The number of phenolic OH excluding ortho intramolecular Hbond substituents is 1. The summed E-state index contributed by atoms with van der Waals surface area (Å²) in [6, 6.07) is 18.2. The molecule has 32 heavy (non-hydrogen) atoms. The number of benzene rings is 3. The monoisotopic (exact) mass is 435 g/mol. The summed E-state index contributed by atoms with van der Waals surface area (Å²) in [6.45, 7) is 0. The van der Waals surface area contributed by atoms with Crippen LogP contribution in [0.4, 0.5) is 14.5 Å². The van der Waals surface area contributed by atoms with Crippen molar-refractivity contribution in [2.45, 2.75) is 37.3 Å². The molecule has 1 aliphatic carbocycles. The number of nitrogens with zero attached hydrogens (tertiary/aromatic N) is 1. The minimum atomic E-state index is -1.12. The second kappa shape index (κ2) is 7.41. The van der Waals surface area contributed by atoms with Crippen LogP contribution in [-0.4, -0.2) is 16.1 Å². The van der Waals surface area contributed by atoms with Crippen molar-refractivity contribution in [3.63, 3.8) is 0 Å². The van der Waals surface area contributed by atoms with Gasteiger partial charge in [0.15, 0.2) is 0 Å². The summed E-state index contributed by atoms with van der Waals surface area (Å²) in [5, 5.41) is 21.0. The van der Waals surface area contributed by atoms with Gasteiger partial charge in [0.1, 0.15) is 17.4 Å². The van der Waals surface area contributed by atoms with E-state index in [2.05, 4.69) is 0 Å². The van der Waals surface area contributed by atoms with Gasteiger partial charge in [-0.15, -0.1) is 0 Å². The van der Waals surface area contributed by atoms with Gasteiger partial charge in [-0.05, 0) is 85.3 Å². The van der Waals surface area contributed by atoms with E-state index in [0.29, 0.717) is 36.9 Å². The molecule has 1 spiro atoms. The van der Waals surface area contributed by atoms with Crippen LogP contribution in [0.2, 0.25) is 0 Å². The molecule has 6 heteroatoms. The van der Waals surface area contributed by atoms with Crippen LogP contribution in [0.15, 0.2) is 72.8 Å². The van der Waals surface area contributed by atoms with Crippen LogP contribution < -0.4 is 4.90 Å². The lowest BCUT2D eigenvalue weighted by molar-refractivity contribution is -0.149. The Hall–Kier alpha value is -3.25. The second-order valence-electron chi connectivity index (χ2n) is 8.84. The Labute approximate surface area is 184 Å². The third-order valence-corrected chi connectivity index (χ3v) is 7.09. The van der Waals surface area contributed by atoms with E-state index in [0.717, 1.165) is 5.56 Å². The molecule has 1 aliphatic heterocycles. The molecule has 5 rings (SSSR count). The highest BCUT2D eigenvalue weighted by atomic mass is 19.1. The molecule has 164 valence electrons. The molecular formula is C26H23F2NO3. The molecule has 3 aromatic carbocycles. The van der Waals surface area contributed by atoms with E-state index in [-0.39, 0.29) is 29.3 Å². The average Bonchev–Trinajstić information content (AvgIpc) is 2.80. The maximum atomic E-state index is 13.5. The molecule has 2 N–H and O–H groups in total. The van der Waals surface area contributed by atoms with E-state index in [1.54, 1.807) is 53.4 Å². The van der Waals surface area contributed by atoms with Crippen molar-refractivity contribution in [1.82, 2.24) is 0 Å². The van der Waals surface area contributed by atoms with Gasteiger partial charge >= 0.3 is 0 Å². The predicted octanol–water partition coefficient (Wildman–Crippen LogP) is 5.21. The zero-order valence-corrected chi connectivity index (χ0v) is 17.3. The minimum absolute atomic E-state index is 0.0525. The van der Waals surface area contributed by atoms with Crippen LogP contribution in [0, 0.1) is 17.0 Å². The number of anilines is 1. The largest absolute Gasteiger partial charge is 0.508 e. The van der Waals surface area contributed by atoms with E-state index in [1.807, 2.05) is 0 Å². The lowest BCUT2D eigenvalue weighted by Crippen LogP contribution is -2.65. The molecule has 3 aromatic rings. The summed E-state index contributed by atoms with van der Waals surface area (Å²) in [4.78, 5) is 15.2. The third kappa shape index (κ3) is 3.17. The van der Waals surface area contributed by atoms with Gasteiger partial charge < -0.3 is 15.1 Å². The van der Waals surface area contributed by atoms with Crippen molar-refractivity contribution in [3.05, 3.63) is 95.6 Å². The molecule has 4 nitrogen and oxygen atoms in total. The van der Waals surface area contributed by atoms with Crippen LogP contribution >= 0.6 is 0 Å². The first-order chi connectivity index (χ1) is 15.3. The lowest BCUT2D eigenvalue weighted by Gasteiger charge is -2.59. The standard InChI is InChI=1S/C26H23F2NO3/c27-19-5-3-18(4-6-19)26(32)15-13-25(14-16-26)23(17-1-11-22(30)12-2-17)29(24(25)31)21-9-7-20(28)8-10-21/h1-12,23,30,32H,13-16H2. The maximum Gasteiger partial charge on any atom is 0.236 e. The van der Waals surface area contributed by atoms with Crippen molar-refractivity contribution in [2.24, 2.45) is 5.41 Å². The van der Waals surface area contributed by atoms with Gasteiger partial charge in [0.2, 0.25) is 5.91 Å². The van der Waals surface area contributed by atoms with Gasteiger partial charge in [0, 0.05) is 5.69 Å². The number of rotatable bonds is 3. The molecule has 0 bridgehead atoms. The first-order valence-electron chi connectivity index (χ1n) is 10.7. The molecule has 1 atom stereocenters. The zero-order valence-electron chi connectivity index (χ0n) is 17.3. The molecule has 2 fully saturated rings. The van der Waals surface area contributed by atoms with Crippen LogP contribution in [-0.2, 0) is 10.4 Å². The number of hydrogen-bond acceptors (Lipinski definition) is 3. The van der Waals surface area contributed by atoms with Gasteiger partial charge in [-0.1, -0.05) is 24.3 Å². The molecule has 0 radical (unpaired) electrons. The van der Waals surface area contributed by atoms with E-state index >= 15 is 0 Å². The van der Waals surface area contributed by atoms with E-state index in [9.17, 15) is 23.8 Å². The van der Waals surface area contributed by atoms with Crippen molar-refractivity contribution < 1.29 is 23.8 Å². The van der Waals surface area contributed by atoms with Crippen molar-refractivity contribution in [3.8, 4) is 5.75 Å². The van der Waals surface area contributed by atoms with Crippen molar-refractivity contribution in [1.29, 1.82) is 0 Å². The maximum absolute atomic E-state index is 13.5. The van der Waals surface area contributed by atoms with Gasteiger partial charge in [0.05, 0.1) is 17.1 Å². The lowest BCUT2D eigenvalue weighted by atomic mass is 9.56. The molecule has 1 amide bonds. The van der Waals surface area contributed by atoms with Gasteiger partial charge in [-0.3, -0.25) is 4.79 Å². The zero-order chi connectivity index (χ0) is 22.5. The average molecular weight is 435 g/mol. The van der Waals surface area contributed by atoms with E-state index in [1.165, 1.54) is 24.3 Å². The summed E-state index contributed by atoms with van der Waals surface area (Å²) in [7, 11) is 0. The Morgan fingerprint density at radius 2 is 1.31 bits per heavy atom. The van der Waals surface area contributed by atoms with Gasteiger partial charge in [-0.2, -0.15) is 0 Å². The van der Waals surface area contributed by atoms with Crippen molar-refractivity contribution >= 4 is 11.6 Å². The molecule has 1 heterocycles. The summed E-state index contributed by atoms with van der Waals surface area (Å²) in [5.41, 5.74) is 0.322. The van der Waals surface area contributed by atoms with Gasteiger partial charge in [0.25, 0.3) is 0 Å². The normalized spacial score (nSPS) is 27.4. The Balaban J connectivity index is 1.48. The number of β-lactam (4-membered cyclic amide) rings is 1. The van der Waals surface area contributed by atoms with Crippen LogP contribution in [0.3, 0.4) is 0 Å². The number of phenols is 1. The number of aliphatic hydroxyl groups is 1. The number of hydrogen-bond donors (Lipinski definition) is 2. The topological polar surface area (TPSA) is 60.8 Å². The van der Waals surface area contributed by atoms with E-state index in [4.69, 9.17) is 0 Å². The highest BCUT2D eigenvalue weighted by Crippen LogP contribution is 2.61. The summed E-state index contributed by atoms with van der Waals surface area (Å²) >= 11 is 0. The predicted molar refractivity (Wildman–Crippen MR) is 116 cm³/mol. The number of amides is 1. The summed E-state index contributed by atoms with van der Waals surface area (Å²) in [5.74, 6) is -0.653. The highest BCUT2D eigenvalue weighted by molar-refractivity contribution is 6.06. The summed E-state index contributed by atoms with van der Waals surface area (Å²) < 4.78 is 26.8. The molecule has 1 unspecified atom stereocenters. The quantitative estimate of drug-likeness (QED) is 0.556. The fraction of sp³-hybridized carbons (Fsp3) is 0.269. The van der Waals surface area contributed by atoms with Crippen LogP contribution in [0.25, 0.3) is 0 Å². The first kappa shape index (κ1) is 20.6. The Kier molecular flexibility index (Phi) is 4.78. The molecule has 1 saturated carbocycles. The minimum Gasteiger partial charge on any atom is -0.508 e. The van der Waals surface area contributed by atoms with Crippen molar-refractivity contribution in [2.75, 3.05) is 4.90 Å². The number of halogens is 2. The van der Waals surface area contributed by atoms with Gasteiger partial charge in [-0.25, -0.2) is 8.78 Å². The van der Waals surface area contributed by atoms with Crippen LogP contribution in [0.5, 0.6) is 5.75 Å². The summed E-state index contributed by atoms with van der Waals surface area (Å²) in [6.07, 6.45) is 1.67. The smallest absolute Gasteiger partial charge is 0.236 e. The Morgan fingerprint density at radius 3 is 1.88 bits per heavy atom. The third-order valence-electron chi connectivity index (χ3n) is 7.09. The number of carbonyl (C=O) groups excluding carboxylic acids is 1. The molecular weight excluding hydrogens is 412 g/mol. The Bertz CT molecular complexity index is 1140. The van der Waals surface area contributed by atoms with Crippen LogP contribution in [0.1, 0.15) is 42.9 Å². The fourth-order valence-corrected chi connectivity index (χ4v) is 5.29. The molecule has 2 aliphatic rings.